The Morgan fingerprint density at radius 2 is 2.31 bits per heavy atom. The summed E-state index contributed by atoms with van der Waals surface area (Å²) in [5.74, 6) is -0.0912. The second-order valence-corrected chi connectivity index (χ2v) is 3.41. The predicted octanol–water partition coefficient (Wildman–Crippen LogP) is 1.31. The number of hydrogen-bond acceptors (Lipinski definition) is 4. The Morgan fingerprint density at radius 3 is 3.00 bits per heavy atom. The lowest BCUT2D eigenvalue weighted by atomic mass is 10.1. The third-order valence-electron chi connectivity index (χ3n) is 2.21. The van der Waals surface area contributed by atoms with Crippen LogP contribution in [-0.2, 0) is 6.54 Å². The van der Waals surface area contributed by atoms with Crippen molar-refractivity contribution in [3.63, 3.8) is 0 Å². The van der Waals surface area contributed by atoms with Crippen molar-refractivity contribution >= 4 is 5.78 Å². The standard InChI is InChI=1S/C11H12N4O/c1-2-6-15-10(8-13-14-15)11(16)9-4-3-5-12-7-9/h3-5,7-8H,2,6H2,1H3. The molecule has 2 rings (SSSR count). The molecule has 0 radical (unpaired) electrons. The summed E-state index contributed by atoms with van der Waals surface area (Å²) in [4.78, 5) is 16.0. The molecule has 0 spiro atoms. The Bertz CT molecular complexity index is 478. The summed E-state index contributed by atoms with van der Waals surface area (Å²) in [5.41, 5.74) is 1.07. The molecule has 0 aliphatic heterocycles. The van der Waals surface area contributed by atoms with Crippen LogP contribution >= 0.6 is 0 Å². The lowest BCUT2D eigenvalue weighted by Gasteiger charge is -2.02. The molecule has 5 heteroatoms. The summed E-state index contributed by atoms with van der Waals surface area (Å²) in [5, 5.41) is 7.64. The van der Waals surface area contributed by atoms with E-state index in [0.717, 1.165) is 6.42 Å². The fraction of sp³-hybridized carbons (Fsp3) is 0.273. The molecule has 5 nitrogen and oxygen atoms in total. The summed E-state index contributed by atoms with van der Waals surface area (Å²) in [7, 11) is 0. The topological polar surface area (TPSA) is 60.7 Å². The van der Waals surface area contributed by atoms with Crippen LogP contribution in [0.4, 0.5) is 0 Å². The first-order chi connectivity index (χ1) is 7.83. The van der Waals surface area contributed by atoms with E-state index in [1.54, 1.807) is 29.2 Å². The van der Waals surface area contributed by atoms with E-state index >= 15 is 0 Å². The van der Waals surface area contributed by atoms with E-state index in [4.69, 9.17) is 0 Å². The number of carbonyl (C=O) groups excluding carboxylic acids is 1. The minimum Gasteiger partial charge on any atom is -0.287 e. The van der Waals surface area contributed by atoms with Crippen LogP contribution in [0.3, 0.4) is 0 Å². The number of carbonyl (C=O) groups is 1. The molecule has 0 saturated carbocycles. The van der Waals surface area contributed by atoms with Crippen LogP contribution in [0.25, 0.3) is 0 Å². The van der Waals surface area contributed by atoms with Gasteiger partial charge in [-0.15, -0.1) is 5.10 Å². The lowest BCUT2D eigenvalue weighted by molar-refractivity contribution is 0.102. The van der Waals surface area contributed by atoms with Crippen molar-refractivity contribution in [3.8, 4) is 0 Å². The number of aromatic nitrogens is 4. The van der Waals surface area contributed by atoms with Crippen LogP contribution in [0.2, 0.25) is 0 Å². The van der Waals surface area contributed by atoms with E-state index in [1.165, 1.54) is 6.20 Å². The molecule has 0 aliphatic rings. The summed E-state index contributed by atoms with van der Waals surface area (Å²) in [6.07, 6.45) is 5.59. The number of aryl methyl sites for hydroxylation is 1. The number of nitrogens with zero attached hydrogens (tertiary/aromatic N) is 4. The van der Waals surface area contributed by atoms with E-state index in [9.17, 15) is 4.79 Å². The molecule has 2 aromatic heterocycles. The summed E-state index contributed by atoms with van der Waals surface area (Å²) >= 11 is 0. The fourth-order valence-electron chi connectivity index (χ4n) is 1.46. The highest BCUT2D eigenvalue weighted by atomic mass is 16.1. The molecule has 0 bridgehead atoms. The number of rotatable bonds is 4. The van der Waals surface area contributed by atoms with Crippen LogP contribution in [0.5, 0.6) is 0 Å². The van der Waals surface area contributed by atoms with E-state index in [1.807, 2.05) is 6.92 Å². The molecule has 0 atom stereocenters. The van der Waals surface area contributed by atoms with Crippen molar-refractivity contribution in [2.24, 2.45) is 0 Å². The van der Waals surface area contributed by atoms with E-state index in [-0.39, 0.29) is 5.78 Å². The molecule has 0 amide bonds. The van der Waals surface area contributed by atoms with E-state index < -0.39 is 0 Å². The Kier molecular flexibility index (Phi) is 3.05. The van der Waals surface area contributed by atoms with Crippen molar-refractivity contribution in [3.05, 3.63) is 42.0 Å². The van der Waals surface area contributed by atoms with Crippen LogP contribution < -0.4 is 0 Å². The second kappa shape index (κ2) is 4.65. The van der Waals surface area contributed by atoms with Gasteiger partial charge in [-0.1, -0.05) is 12.1 Å². The van der Waals surface area contributed by atoms with Gasteiger partial charge in [0.25, 0.3) is 0 Å². The van der Waals surface area contributed by atoms with E-state index in [2.05, 4.69) is 15.3 Å². The van der Waals surface area contributed by atoms with E-state index in [0.29, 0.717) is 17.8 Å². The average Bonchev–Trinajstić information content (AvgIpc) is 2.78. The number of ketones is 1. The summed E-state index contributed by atoms with van der Waals surface area (Å²) < 4.78 is 1.62. The van der Waals surface area contributed by atoms with Gasteiger partial charge in [-0.25, -0.2) is 4.68 Å². The highest BCUT2D eigenvalue weighted by Gasteiger charge is 2.14. The minimum absolute atomic E-state index is 0.0912. The Labute approximate surface area is 93.1 Å². The maximum absolute atomic E-state index is 12.1. The molecule has 82 valence electrons. The maximum Gasteiger partial charge on any atom is 0.214 e. The van der Waals surface area contributed by atoms with Gasteiger partial charge in [0.05, 0.1) is 6.20 Å². The Morgan fingerprint density at radius 1 is 1.44 bits per heavy atom. The third-order valence-corrected chi connectivity index (χ3v) is 2.21. The molecule has 0 aromatic carbocycles. The van der Waals surface area contributed by atoms with Gasteiger partial charge >= 0.3 is 0 Å². The molecule has 2 heterocycles. The van der Waals surface area contributed by atoms with Crippen LogP contribution in [-0.4, -0.2) is 25.8 Å². The first-order valence-corrected chi connectivity index (χ1v) is 5.16. The summed E-state index contributed by atoms with van der Waals surface area (Å²) in [6, 6.07) is 3.47. The normalized spacial score (nSPS) is 10.3. The molecule has 0 unspecified atom stereocenters. The van der Waals surface area contributed by atoms with Crippen molar-refractivity contribution in [2.75, 3.05) is 0 Å². The smallest absolute Gasteiger partial charge is 0.214 e. The highest BCUT2D eigenvalue weighted by molar-refractivity contribution is 6.07. The summed E-state index contributed by atoms with van der Waals surface area (Å²) in [6.45, 7) is 2.72. The zero-order valence-corrected chi connectivity index (χ0v) is 9.00. The van der Waals surface area contributed by atoms with Gasteiger partial charge in [0.2, 0.25) is 5.78 Å². The molecule has 0 fully saturated rings. The van der Waals surface area contributed by atoms with Gasteiger partial charge < -0.3 is 0 Å². The molecular formula is C11H12N4O. The highest BCUT2D eigenvalue weighted by Crippen LogP contribution is 2.07. The SMILES string of the molecule is CCCn1nncc1C(=O)c1cccnc1. The van der Waals surface area contributed by atoms with Crippen LogP contribution in [0.1, 0.15) is 29.4 Å². The van der Waals surface area contributed by atoms with Gasteiger partial charge in [-0.3, -0.25) is 9.78 Å². The van der Waals surface area contributed by atoms with Gasteiger partial charge in [0, 0.05) is 24.5 Å². The first kappa shape index (κ1) is 10.5. The average molecular weight is 216 g/mol. The number of pyridine rings is 1. The zero-order chi connectivity index (χ0) is 11.4. The molecule has 2 aromatic rings. The minimum atomic E-state index is -0.0912. The quantitative estimate of drug-likeness (QED) is 0.723. The first-order valence-electron chi connectivity index (χ1n) is 5.16. The Hall–Kier alpha value is -2.04. The van der Waals surface area contributed by atoms with Crippen LogP contribution in [0.15, 0.2) is 30.7 Å². The second-order valence-electron chi connectivity index (χ2n) is 3.41. The predicted molar refractivity (Wildman–Crippen MR) is 58.0 cm³/mol. The van der Waals surface area contributed by atoms with Gasteiger partial charge in [-0.2, -0.15) is 0 Å². The van der Waals surface area contributed by atoms with Crippen molar-refractivity contribution in [1.29, 1.82) is 0 Å². The van der Waals surface area contributed by atoms with Crippen LogP contribution in [0, 0.1) is 0 Å². The van der Waals surface area contributed by atoms with Crippen molar-refractivity contribution < 1.29 is 4.79 Å². The van der Waals surface area contributed by atoms with Gasteiger partial charge in [0.15, 0.2) is 0 Å². The largest absolute Gasteiger partial charge is 0.287 e. The molecule has 0 aliphatic carbocycles. The molecule has 0 saturated heterocycles. The van der Waals surface area contributed by atoms with Gasteiger partial charge in [-0.05, 0) is 18.6 Å². The monoisotopic (exact) mass is 216 g/mol. The number of hydrogen-bond donors (Lipinski definition) is 0. The molecular weight excluding hydrogens is 204 g/mol. The lowest BCUT2D eigenvalue weighted by Crippen LogP contribution is -2.11. The van der Waals surface area contributed by atoms with Crippen molar-refractivity contribution in [1.82, 2.24) is 20.0 Å². The molecule has 0 N–H and O–H groups in total. The third kappa shape index (κ3) is 1.98. The van der Waals surface area contributed by atoms with Gasteiger partial charge in [0.1, 0.15) is 5.69 Å². The molecule has 16 heavy (non-hydrogen) atoms. The zero-order valence-electron chi connectivity index (χ0n) is 9.00. The van der Waals surface area contributed by atoms with Crippen molar-refractivity contribution in [2.45, 2.75) is 19.9 Å². The maximum atomic E-state index is 12.1. The fourth-order valence-corrected chi connectivity index (χ4v) is 1.46. The Balaban J connectivity index is 2.31.